The molecule has 27 heavy (non-hydrogen) atoms. The smallest absolute Gasteiger partial charge is 0.330 e. The third-order valence-electron chi connectivity index (χ3n) is 4.38. The van der Waals surface area contributed by atoms with Crippen LogP contribution < -0.4 is 11.2 Å². The predicted octanol–water partition coefficient (Wildman–Crippen LogP) is -0.374. The van der Waals surface area contributed by atoms with E-state index in [1.54, 1.807) is 0 Å². The molecule has 0 aromatic carbocycles. The summed E-state index contributed by atoms with van der Waals surface area (Å²) in [5.41, 5.74) is -0.932. The van der Waals surface area contributed by atoms with Gasteiger partial charge in [0.1, 0.15) is 0 Å². The SMILES string of the molecule is CC(=O)OCCC[C@H]1[C@@H](OC(C)=O)[C@H](n2cc(C)c(=O)[nH]c2=O)O[C@@H]1CO. The second kappa shape index (κ2) is 8.96. The van der Waals surface area contributed by atoms with Gasteiger partial charge in [-0.3, -0.25) is 23.9 Å². The summed E-state index contributed by atoms with van der Waals surface area (Å²) in [5, 5.41) is 9.67. The van der Waals surface area contributed by atoms with Crippen LogP contribution in [0.15, 0.2) is 15.8 Å². The Kier molecular flexibility index (Phi) is 6.92. The Hall–Kier alpha value is -2.46. The zero-order valence-electron chi connectivity index (χ0n) is 15.5. The van der Waals surface area contributed by atoms with E-state index in [4.69, 9.17) is 14.2 Å². The van der Waals surface area contributed by atoms with Crippen LogP contribution >= 0.6 is 0 Å². The zero-order chi connectivity index (χ0) is 20.1. The van der Waals surface area contributed by atoms with E-state index < -0.39 is 47.5 Å². The topological polar surface area (TPSA) is 137 Å². The quantitative estimate of drug-likeness (QED) is 0.480. The fourth-order valence-corrected chi connectivity index (χ4v) is 3.18. The third-order valence-corrected chi connectivity index (χ3v) is 4.38. The minimum atomic E-state index is -0.993. The van der Waals surface area contributed by atoms with Crippen molar-refractivity contribution in [1.29, 1.82) is 0 Å². The van der Waals surface area contributed by atoms with Gasteiger partial charge in [0.2, 0.25) is 0 Å². The van der Waals surface area contributed by atoms with E-state index in [0.29, 0.717) is 18.4 Å². The standard InChI is InChI=1S/C17H24N2O8/c1-9-7-19(17(24)18-15(9)23)16-14(26-11(3)22)12(13(8-20)27-16)5-4-6-25-10(2)21/h7,12-14,16,20H,4-6,8H2,1-3H3,(H,18,23,24)/t12-,13-,14-,16-/m1/s1. The molecule has 4 atom stereocenters. The molecule has 0 radical (unpaired) electrons. The number of hydrogen-bond donors (Lipinski definition) is 2. The number of hydrogen-bond acceptors (Lipinski definition) is 8. The summed E-state index contributed by atoms with van der Waals surface area (Å²) >= 11 is 0. The molecule has 0 saturated carbocycles. The molecule has 1 aliphatic rings. The summed E-state index contributed by atoms with van der Waals surface area (Å²) in [7, 11) is 0. The van der Waals surface area contributed by atoms with Crippen LogP contribution in [0.25, 0.3) is 0 Å². The molecule has 1 aliphatic heterocycles. The van der Waals surface area contributed by atoms with Crippen molar-refractivity contribution in [2.45, 2.75) is 52.0 Å². The summed E-state index contributed by atoms with van der Waals surface area (Å²) in [6.07, 6.45) is -0.292. The molecule has 2 rings (SSSR count). The highest BCUT2D eigenvalue weighted by Crippen LogP contribution is 2.38. The van der Waals surface area contributed by atoms with Crippen molar-refractivity contribution in [3.8, 4) is 0 Å². The highest BCUT2D eigenvalue weighted by molar-refractivity contribution is 5.66. The van der Waals surface area contributed by atoms with Gasteiger partial charge in [-0.05, 0) is 19.8 Å². The van der Waals surface area contributed by atoms with Crippen molar-refractivity contribution in [2.75, 3.05) is 13.2 Å². The molecule has 1 fully saturated rings. The molecule has 0 amide bonds. The number of ether oxygens (including phenoxy) is 3. The maximum absolute atomic E-state index is 12.2. The average Bonchev–Trinajstić information content (AvgIpc) is 2.91. The van der Waals surface area contributed by atoms with E-state index in [1.165, 1.54) is 27.0 Å². The number of aliphatic hydroxyl groups is 1. The van der Waals surface area contributed by atoms with Gasteiger partial charge in [0.25, 0.3) is 5.56 Å². The molecule has 0 unspecified atom stereocenters. The molecule has 10 heteroatoms. The molecule has 1 aromatic rings. The summed E-state index contributed by atoms with van der Waals surface area (Å²) in [6.45, 7) is 3.91. The fraction of sp³-hybridized carbons (Fsp3) is 0.647. The van der Waals surface area contributed by atoms with Crippen molar-refractivity contribution in [3.63, 3.8) is 0 Å². The van der Waals surface area contributed by atoms with Crippen molar-refractivity contribution < 1.29 is 28.9 Å². The minimum Gasteiger partial charge on any atom is -0.466 e. The lowest BCUT2D eigenvalue weighted by Crippen LogP contribution is -2.39. The third kappa shape index (κ3) is 5.04. The molecule has 2 heterocycles. The first-order chi connectivity index (χ1) is 12.7. The van der Waals surface area contributed by atoms with Crippen molar-refractivity contribution in [3.05, 3.63) is 32.6 Å². The maximum atomic E-state index is 12.2. The fourth-order valence-electron chi connectivity index (χ4n) is 3.18. The second-order valence-corrected chi connectivity index (χ2v) is 6.45. The number of nitrogens with one attached hydrogen (secondary N) is 1. The lowest BCUT2D eigenvalue weighted by Gasteiger charge is -2.24. The Balaban J connectivity index is 2.29. The number of rotatable bonds is 7. The van der Waals surface area contributed by atoms with Crippen LogP contribution in [0.1, 0.15) is 38.5 Å². The first-order valence-corrected chi connectivity index (χ1v) is 8.63. The number of H-pyrrole nitrogens is 1. The van der Waals surface area contributed by atoms with Crippen LogP contribution in [0, 0.1) is 12.8 Å². The number of aromatic amines is 1. The van der Waals surface area contributed by atoms with Crippen LogP contribution in [0.2, 0.25) is 0 Å². The molecule has 0 aliphatic carbocycles. The highest BCUT2D eigenvalue weighted by atomic mass is 16.6. The van der Waals surface area contributed by atoms with Crippen molar-refractivity contribution in [1.82, 2.24) is 9.55 Å². The summed E-state index contributed by atoms with van der Waals surface area (Å²) in [4.78, 5) is 48.5. The predicted molar refractivity (Wildman–Crippen MR) is 92.0 cm³/mol. The van der Waals surface area contributed by atoms with Gasteiger partial charge < -0.3 is 19.3 Å². The highest BCUT2D eigenvalue weighted by Gasteiger charge is 2.47. The number of aliphatic hydroxyl groups excluding tert-OH is 1. The molecule has 0 spiro atoms. The van der Waals surface area contributed by atoms with Gasteiger partial charge in [-0.15, -0.1) is 0 Å². The van der Waals surface area contributed by atoms with Crippen molar-refractivity contribution in [2.24, 2.45) is 5.92 Å². The first-order valence-electron chi connectivity index (χ1n) is 8.63. The lowest BCUT2D eigenvalue weighted by molar-refractivity contribution is -0.154. The van der Waals surface area contributed by atoms with E-state index in [9.17, 15) is 24.3 Å². The van der Waals surface area contributed by atoms with Crippen LogP contribution in [0.3, 0.4) is 0 Å². The average molecular weight is 384 g/mol. The summed E-state index contributed by atoms with van der Waals surface area (Å²) in [5.74, 6) is -1.38. The second-order valence-electron chi connectivity index (χ2n) is 6.45. The van der Waals surface area contributed by atoms with Crippen LogP contribution in [0.5, 0.6) is 0 Å². The molecule has 1 saturated heterocycles. The first kappa shape index (κ1) is 20.8. The van der Waals surface area contributed by atoms with Gasteiger partial charge in [0.15, 0.2) is 12.3 Å². The van der Waals surface area contributed by atoms with Crippen LogP contribution in [-0.4, -0.2) is 52.0 Å². The number of esters is 2. The van der Waals surface area contributed by atoms with E-state index in [2.05, 4.69) is 4.98 Å². The molecule has 10 nitrogen and oxygen atoms in total. The lowest BCUT2D eigenvalue weighted by atomic mass is 9.93. The Morgan fingerprint density at radius 3 is 2.59 bits per heavy atom. The van der Waals surface area contributed by atoms with E-state index in [1.807, 2.05) is 0 Å². The van der Waals surface area contributed by atoms with Crippen LogP contribution in [-0.2, 0) is 23.8 Å². The molecular weight excluding hydrogens is 360 g/mol. The van der Waals surface area contributed by atoms with Gasteiger partial charge in [-0.1, -0.05) is 0 Å². The number of aromatic nitrogens is 2. The van der Waals surface area contributed by atoms with Gasteiger partial charge in [-0.2, -0.15) is 0 Å². The minimum absolute atomic E-state index is 0.180. The van der Waals surface area contributed by atoms with E-state index in [0.717, 1.165) is 4.57 Å². The van der Waals surface area contributed by atoms with Gasteiger partial charge >= 0.3 is 17.6 Å². The Morgan fingerprint density at radius 1 is 1.30 bits per heavy atom. The maximum Gasteiger partial charge on any atom is 0.330 e. The molecular formula is C17H24N2O8. The molecule has 0 bridgehead atoms. The summed E-state index contributed by atoms with van der Waals surface area (Å²) in [6, 6.07) is 0. The van der Waals surface area contributed by atoms with Crippen LogP contribution in [0.4, 0.5) is 0 Å². The Morgan fingerprint density at radius 2 is 2.00 bits per heavy atom. The molecule has 2 N–H and O–H groups in total. The number of carbonyl (C=O) groups excluding carboxylic acids is 2. The number of carbonyl (C=O) groups is 2. The van der Waals surface area contributed by atoms with Gasteiger partial charge in [0, 0.05) is 31.5 Å². The summed E-state index contributed by atoms with van der Waals surface area (Å²) < 4.78 is 17.2. The molecule has 150 valence electrons. The van der Waals surface area contributed by atoms with E-state index in [-0.39, 0.29) is 13.2 Å². The van der Waals surface area contributed by atoms with Gasteiger partial charge in [0.05, 0.1) is 19.3 Å². The van der Waals surface area contributed by atoms with E-state index >= 15 is 0 Å². The number of nitrogens with zero attached hydrogens (tertiary/aromatic N) is 1. The normalized spacial score (nSPS) is 24.6. The number of aryl methyl sites for hydroxylation is 1. The van der Waals surface area contributed by atoms with Gasteiger partial charge in [-0.25, -0.2) is 4.79 Å². The Bertz CT molecular complexity index is 799. The zero-order valence-corrected chi connectivity index (χ0v) is 15.5. The largest absolute Gasteiger partial charge is 0.466 e. The molecule has 1 aromatic heterocycles. The Labute approximate surface area is 155 Å². The van der Waals surface area contributed by atoms with Crippen molar-refractivity contribution >= 4 is 11.9 Å². The monoisotopic (exact) mass is 384 g/mol.